The Hall–Kier alpha value is -2.41. The van der Waals surface area contributed by atoms with Crippen molar-refractivity contribution in [2.75, 3.05) is 13.2 Å². The van der Waals surface area contributed by atoms with Gasteiger partial charge in [-0.15, -0.1) is 0 Å². The summed E-state index contributed by atoms with van der Waals surface area (Å²) in [6.07, 6.45) is 0.746. The zero-order chi connectivity index (χ0) is 15.7. The molecule has 0 saturated carbocycles. The van der Waals surface area contributed by atoms with Crippen molar-refractivity contribution < 1.29 is 18.7 Å². The van der Waals surface area contributed by atoms with Crippen LogP contribution in [0.3, 0.4) is 0 Å². The van der Waals surface area contributed by atoms with Gasteiger partial charge in [0.15, 0.2) is 11.5 Å². The van der Waals surface area contributed by atoms with Crippen LogP contribution in [0.2, 0.25) is 0 Å². The van der Waals surface area contributed by atoms with E-state index in [-0.39, 0.29) is 5.91 Å². The molecule has 1 aliphatic rings. The monoisotopic (exact) mass is 303 g/mol. The van der Waals surface area contributed by atoms with Gasteiger partial charge in [0.25, 0.3) is 5.91 Å². The molecule has 2 heterocycles. The Morgan fingerprint density at radius 3 is 2.73 bits per heavy atom. The molecule has 0 spiro atoms. The van der Waals surface area contributed by atoms with Gasteiger partial charge in [0.2, 0.25) is 5.91 Å². The maximum atomic E-state index is 12.5. The highest BCUT2D eigenvalue weighted by atomic mass is 16.5. The molecule has 1 aromatic carbocycles. The molecule has 0 atom stereocenters. The highest BCUT2D eigenvalue weighted by molar-refractivity contribution is 6.00. The molecule has 1 saturated heterocycles. The second-order valence-corrected chi connectivity index (χ2v) is 5.43. The van der Waals surface area contributed by atoms with Crippen molar-refractivity contribution in [2.24, 2.45) is 5.73 Å². The first-order chi connectivity index (χ1) is 10.5. The zero-order valence-electron chi connectivity index (χ0n) is 12.2. The number of amides is 2. The van der Waals surface area contributed by atoms with Crippen molar-refractivity contribution in [1.29, 1.82) is 0 Å². The van der Waals surface area contributed by atoms with E-state index >= 15 is 0 Å². The number of nitrogens with two attached hydrogens (primary N) is 1. The predicted molar refractivity (Wildman–Crippen MR) is 78.2 cm³/mol. The lowest BCUT2D eigenvalue weighted by molar-refractivity contribution is -0.127. The van der Waals surface area contributed by atoms with E-state index in [1.54, 1.807) is 25.1 Å². The predicted octanol–water partition coefficient (Wildman–Crippen LogP) is 0.901. The van der Waals surface area contributed by atoms with Crippen LogP contribution in [-0.2, 0) is 9.53 Å². The summed E-state index contributed by atoms with van der Waals surface area (Å²) >= 11 is 0. The summed E-state index contributed by atoms with van der Waals surface area (Å²) in [6, 6.07) is 4.97. The average Bonchev–Trinajstić information content (AvgIpc) is 2.87. The lowest BCUT2D eigenvalue weighted by atomic mass is 9.89. The van der Waals surface area contributed by atoms with Gasteiger partial charge >= 0.3 is 0 Å². The Morgan fingerprint density at radius 1 is 1.32 bits per heavy atom. The number of nitrogens with zero attached hydrogens (tertiary/aromatic N) is 1. The Morgan fingerprint density at radius 2 is 2.05 bits per heavy atom. The molecular weight excluding hydrogens is 286 g/mol. The highest BCUT2D eigenvalue weighted by Crippen LogP contribution is 2.22. The third-order valence-corrected chi connectivity index (χ3v) is 3.93. The first kappa shape index (κ1) is 14.5. The second-order valence-electron chi connectivity index (χ2n) is 5.43. The summed E-state index contributed by atoms with van der Waals surface area (Å²) in [4.78, 5) is 28.4. The van der Waals surface area contributed by atoms with E-state index in [0.717, 1.165) is 0 Å². The van der Waals surface area contributed by atoms with E-state index in [4.69, 9.17) is 14.9 Å². The molecule has 1 aliphatic heterocycles. The Bertz CT molecular complexity index is 731. The van der Waals surface area contributed by atoms with Gasteiger partial charge in [-0.3, -0.25) is 9.59 Å². The van der Waals surface area contributed by atoms with E-state index < -0.39 is 11.4 Å². The third-order valence-electron chi connectivity index (χ3n) is 3.93. The van der Waals surface area contributed by atoms with Crippen molar-refractivity contribution >= 4 is 22.9 Å². The van der Waals surface area contributed by atoms with Gasteiger partial charge in [-0.2, -0.15) is 0 Å². The number of aryl methyl sites for hydroxylation is 1. The number of nitrogens with one attached hydrogen (secondary N) is 1. The number of hydrogen-bond donors (Lipinski definition) is 2. The lowest BCUT2D eigenvalue weighted by Crippen LogP contribution is -2.60. The number of carbonyl (C=O) groups excluding carboxylic acids is 2. The third kappa shape index (κ3) is 2.55. The summed E-state index contributed by atoms with van der Waals surface area (Å²) in [5, 5.41) is 2.76. The fourth-order valence-electron chi connectivity index (χ4n) is 2.62. The number of hydrogen-bond acceptors (Lipinski definition) is 5. The molecule has 0 aliphatic carbocycles. The summed E-state index contributed by atoms with van der Waals surface area (Å²) in [5.74, 6) is -0.372. The number of benzene rings is 1. The van der Waals surface area contributed by atoms with Crippen molar-refractivity contribution in [3.05, 3.63) is 29.7 Å². The van der Waals surface area contributed by atoms with Gasteiger partial charge in [-0.1, -0.05) is 0 Å². The van der Waals surface area contributed by atoms with E-state index in [1.165, 1.54) is 0 Å². The van der Waals surface area contributed by atoms with Gasteiger partial charge in [0.05, 0.1) is 0 Å². The minimum Gasteiger partial charge on any atom is -0.441 e. The van der Waals surface area contributed by atoms with Crippen molar-refractivity contribution in [3.8, 4) is 0 Å². The molecule has 1 fully saturated rings. The van der Waals surface area contributed by atoms with Gasteiger partial charge in [-0.05, 0) is 18.2 Å². The van der Waals surface area contributed by atoms with E-state index in [2.05, 4.69) is 10.3 Å². The maximum Gasteiger partial charge on any atom is 0.252 e. The van der Waals surface area contributed by atoms with Crippen LogP contribution in [0.25, 0.3) is 11.1 Å². The van der Waals surface area contributed by atoms with Gasteiger partial charge in [-0.25, -0.2) is 4.98 Å². The SMILES string of the molecule is Cc1nc2ccc(C(=O)NC3(C(N)=O)CCOCC3)cc2o1. The number of rotatable bonds is 3. The molecule has 1 aromatic heterocycles. The van der Waals surface area contributed by atoms with Crippen LogP contribution in [0, 0.1) is 6.92 Å². The van der Waals surface area contributed by atoms with Gasteiger partial charge in [0.1, 0.15) is 11.1 Å². The molecule has 0 unspecified atom stereocenters. The fourth-order valence-corrected chi connectivity index (χ4v) is 2.62. The van der Waals surface area contributed by atoms with Crippen molar-refractivity contribution in [3.63, 3.8) is 0 Å². The first-order valence-corrected chi connectivity index (χ1v) is 7.07. The minimum atomic E-state index is -1.05. The fraction of sp³-hybridized carbons (Fsp3) is 0.400. The van der Waals surface area contributed by atoms with Crippen LogP contribution in [0.5, 0.6) is 0 Å². The standard InChI is InChI=1S/C15H17N3O4/c1-9-17-11-3-2-10(8-12(11)22-9)13(19)18-15(14(16)20)4-6-21-7-5-15/h2-3,8H,4-7H2,1H3,(H2,16,20)(H,18,19). The molecule has 22 heavy (non-hydrogen) atoms. The van der Waals surface area contributed by atoms with Crippen LogP contribution in [0.1, 0.15) is 29.1 Å². The number of oxazole rings is 1. The Balaban J connectivity index is 1.86. The topological polar surface area (TPSA) is 107 Å². The Kier molecular flexibility index (Phi) is 3.58. The number of primary amides is 1. The number of carbonyl (C=O) groups is 2. The van der Waals surface area contributed by atoms with Crippen LogP contribution < -0.4 is 11.1 Å². The molecular formula is C15H17N3O4. The van der Waals surface area contributed by atoms with Crippen LogP contribution in [0.4, 0.5) is 0 Å². The van der Waals surface area contributed by atoms with Crippen LogP contribution in [-0.4, -0.2) is 35.6 Å². The minimum absolute atomic E-state index is 0.364. The molecule has 116 valence electrons. The molecule has 7 nitrogen and oxygen atoms in total. The molecule has 7 heteroatoms. The van der Waals surface area contributed by atoms with E-state index in [1.807, 2.05) is 0 Å². The number of fused-ring (bicyclic) bond motifs is 1. The second kappa shape index (κ2) is 5.42. The van der Waals surface area contributed by atoms with E-state index in [0.29, 0.717) is 48.6 Å². The molecule has 0 bridgehead atoms. The smallest absolute Gasteiger partial charge is 0.252 e. The Labute approximate surface area is 126 Å². The quantitative estimate of drug-likeness (QED) is 0.876. The largest absolute Gasteiger partial charge is 0.441 e. The maximum absolute atomic E-state index is 12.5. The summed E-state index contributed by atoms with van der Waals surface area (Å²) in [7, 11) is 0. The normalized spacial score (nSPS) is 17.3. The number of ether oxygens (including phenoxy) is 1. The van der Waals surface area contributed by atoms with Crippen LogP contribution in [0.15, 0.2) is 22.6 Å². The first-order valence-electron chi connectivity index (χ1n) is 7.07. The van der Waals surface area contributed by atoms with Crippen molar-refractivity contribution in [1.82, 2.24) is 10.3 Å². The molecule has 2 aromatic rings. The average molecular weight is 303 g/mol. The van der Waals surface area contributed by atoms with Gasteiger partial charge < -0.3 is 20.2 Å². The molecule has 2 amide bonds. The zero-order valence-corrected chi connectivity index (χ0v) is 12.2. The van der Waals surface area contributed by atoms with Crippen molar-refractivity contribution in [2.45, 2.75) is 25.3 Å². The number of aromatic nitrogens is 1. The lowest BCUT2D eigenvalue weighted by Gasteiger charge is -2.34. The summed E-state index contributed by atoms with van der Waals surface area (Å²) < 4.78 is 10.7. The van der Waals surface area contributed by atoms with Gasteiger partial charge in [0, 0.05) is 38.5 Å². The molecule has 3 rings (SSSR count). The van der Waals surface area contributed by atoms with Crippen LogP contribution >= 0.6 is 0 Å². The highest BCUT2D eigenvalue weighted by Gasteiger charge is 2.40. The summed E-state index contributed by atoms with van der Waals surface area (Å²) in [5.41, 5.74) is 6.05. The van der Waals surface area contributed by atoms with E-state index in [9.17, 15) is 9.59 Å². The summed E-state index contributed by atoms with van der Waals surface area (Å²) in [6.45, 7) is 2.52. The molecule has 3 N–H and O–H groups in total. The molecule has 0 radical (unpaired) electrons.